The summed E-state index contributed by atoms with van der Waals surface area (Å²) in [5, 5.41) is 0. The third kappa shape index (κ3) is 2.29. The maximum absolute atomic E-state index is 5.61. The predicted octanol–water partition coefficient (Wildman–Crippen LogP) is 4.36. The van der Waals surface area contributed by atoms with Gasteiger partial charge in [-0.05, 0) is 43.4 Å². The van der Waals surface area contributed by atoms with Crippen molar-refractivity contribution in [2.24, 2.45) is 5.92 Å². The molecule has 0 radical (unpaired) electrons. The van der Waals surface area contributed by atoms with Gasteiger partial charge < -0.3 is 9.64 Å². The molecule has 1 saturated heterocycles. The van der Waals surface area contributed by atoms with E-state index in [0.717, 1.165) is 32.6 Å². The van der Waals surface area contributed by atoms with Crippen molar-refractivity contribution in [3.8, 4) is 0 Å². The summed E-state index contributed by atoms with van der Waals surface area (Å²) >= 11 is 3.64. The third-order valence-electron chi connectivity index (χ3n) is 5.22. The molecule has 0 aromatic heterocycles. The van der Waals surface area contributed by atoms with Crippen molar-refractivity contribution in [1.29, 1.82) is 0 Å². The van der Waals surface area contributed by atoms with Gasteiger partial charge in [-0.15, -0.1) is 0 Å². The molecule has 2 aliphatic heterocycles. The van der Waals surface area contributed by atoms with E-state index in [1.807, 2.05) is 0 Å². The molecule has 1 aromatic rings. The molecule has 2 heterocycles. The van der Waals surface area contributed by atoms with Crippen LogP contribution >= 0.6 is 15.9 Å². The first-order chi connectivity index (χ1) is 9.53. The monoisotopic (exact) mass is 337 g/mol. The molecule has 20 heavy (non-hydrogen) atoms. The number of rotatable bonds is 2. The fourth-order valence-corrected chi connectivity index (χ4v) is 3.95. The quantitative estimate of drug-likeness (QED) is 0.794. The molecule has 1 unspecified atom stereocenters. The van der Waals surface area contributed by atoms with Gasteiger partial charge in [-0.3, -0.25) is 0 Å². The topological polar surface area (TPSA) is 12.5 Å². The first-order valence-corrected chi connectivity index (χ1v) is 8.47. The summed E-state index contributed by atoms with van der Waals surface area (Å²) in [6.07, 6.45) is 2.31. The van der Waals surface area contributed by atoms with Crippen LogP contribution in [0, 0.1) is 5.92 Å². The number of nitrogens with zero attached hydrogens (tertiary/aromatic N) is 1. The molecule has 0 amide bonds. The van der Waals surface area contributed by atoms with Gasteiger partial charge in [-0.1, -0.05) is 35.8 Å². The lowest BCUT2D eigenvalue weighted by atomic mass is 9.76. The van der Waals surface area contributed by atoms with E-state index in [1.165, 1.54) is 15.7 Å². The SMILES string of the molecule is CC(C)C(C)N1CC2(CCOCC2)c2ccc(Br)cc21. The van der Waals surface area contributed by atoms with Gasteiger partial charge in [0.05, 0.1) is 0 Å². The Bertz CT molecular complexity index is 494. The van der Waals surface area contributed by atoms with Crippen LogP contribution in [0.4, 0.5) is 5.69 Å². The lowest BCUT2D eigenvalue weighted by molar-refractivity contribution is 0.0548. The maximum Gasteiger partial charge on any atom is 0.0475 e. The Morgan fingerprint density at radius 2 is 1.90 bits per heavy atom. The van der Waals surface area contributed by atoms with E-state index in [-0.39, 0.29) is 0 Å². The highest BCUT2D eigenvalue weighted by atomic mass is 79.9. The van der Waals surface area contributed by atoms with E-state index in [9.17, 15) is 0 Å². The Balaban J connectivity index is 2.03. The van der Waals surface area contributed by atoms with Crippen LogP contribution in [0.2, 0.25) is 0 Å². The molecule has 1 spiro atoms. The molecule has 110 valence electrons. The molecule has 0 N–H and O–H groups in total. The summed E-state index contributed by atoms with van der Waals surface area (Å²) in [6, 6.07) is 7.40. The second kappa shape index (κ2) is 5.34. The summed E-state index contributed by atoms with van der Waals surface area (Å²) in [4.78, 5) is 2.62. The van der Waals surface area contributed by atoms with Crippen LogP contribution in [0.25, 0.3) is 0 Å². The largest absolute Gasteiger partial charge is 0.381 e. The molecular formula is C17H24BrNO. The van der Waals surface area contributed by atoms with Gasteiger partial charge in [0, 0.05) is 41.4 Å². The lowest BCUT2D eigenvalue weighted by Crippen LogP contribution is -2.43. The molecule has 1 atom stereocenters. The molecule has 2 nitrogen and oxygen atoms in total. The van der Waals surface area contributed by atoms with Gasteiger partial charge >= 0.3 is 0 Å². The predicted molar refractivity (Wildman–Crippen MR) is 87.5 cm³/mol. The molecule has 1 fully saturated rings. The summed E-state index contributed by atoms with van der Waals surface area (Å²) in [6.45, 7) is 9.95. The van der Waals surface area contributed by atoms with Gasteiger partial charge in [0.15, 0.2) is 0 Å². The minimum absolute atomic E-state index is 0.317. The minimum Gasteiger partial charge on any atom is -0.381 e. The lowest BCUT2D eigenvalue weighted by Gasteiger charge is -2.36. The van der Waals surface area contributed by atoms with Crippen molar-refractivity contribution in [2.75, 3.05) is 24.7 Å². The van der Waals surface area contributed by atoms with Crippen LogP contribution in [0.15, 0.2) is 22.7 Å². The molecule has 1 aromatic carbocycles. The van der Waals surface area contributed by atoms with Gasteiger partial charge in [0.25, 0.3) is 0 Å². The number of fused-ring (bicyclic) bond motifs is 2. The number of halogens is 1. The van der Waals surface area contributed by atoms with Gasteiger partial charge in [-0.25, -0.2) is 0 Å². The van der Waals surface area contributed by atoms with E-state index in [0.29, 0.717) is 17.4 Å². The van der Waals surface area contributed by atoms with Crippen LogP contribution < -0.4 is 4.90 Å². The number of benzene rings is 1. The zero-order chi connectivity index (χ0) is 14.3. The number of hydrogen-bond acceptors (Lipinski definition) is 2. The van der Waals surface area contributed by atoms with Crippen LogP contribution in [-0.4, -0.2) is 25.8 Å². The molecular weight excluding hydrogens is 314 g/mol. The highest BCUT2D eigenvalue weighted by Crippen LogP contribution is 2.48. The van der Waals surface area contributed by atoms with Crippen LogP contribution in [0.5, 0.6) is 0 Å². The average Bonchev–Trinajstić information content (AvgIpc) is 2.73. The van der Waals surface area contributed by atoms with Crippen molar-refractivity contribution in [1.82, 2.24) is 0 Å². The van der Waals surface area contributed by atoms with E-state index < -0.39 is 0 Å². The van der Waals surface area contributed by atoms with Crippen LogP contribution in [0.3, 0.4) is 0 Å². The van der Waals surface area contributed by atoms with E-state index in [2.05, 4.69) is 59.8 Å². The molecule has 3 rings (SSSR count). The first kappa shape index (κ1) is 14.4. The van der Waals surface area contributed by atoms with E-state index in [4.69, 9.17) is 4.74 Å². The summed E-state index contributed by atoms with van der Waals surface area (Å²) in [5.41, 5.74) is 3.29. The average molecular weight is 338 g/mol. The fourth-order valence-electron chi connectivity index (χ4n) is 3.60. The fraction of sp³-hybridized carbons (Fsp3) is 0.647. The Hall–Kier alpha value is -0.540. The third-order valence-corrected chi connectivity index (χ3v) is 5.71. The van der Waals surface area contributed by atoms with Gasteiger partial charge in [0.1, 0.15) is 0 Å². The second-order valence-corrected chi connectivity index (χ2v) is 7.58. The van der Waals surface area contributed by atoms with Gasteiger partial charge in [-0.2, -0.15) is 0 Å². The van der Waals surface area contributed by atoms with Crippen molar-refractivity contribution < 1.29 is 4.74 Å². The zero-order valence-corrected chi connectivity index (χ0v) is 14.2. The Morgan fingerprint density at radius 3 is 2.55 bits per heavy atom. The standard InChI is InChI=1S/C17H24BrNO/c1-12(2)13(3)19-11-17(6-8-20-9-7-17)15-5-4-14(18)10-16(15)19/h4-5,10,12-13H,6-9,11H2,1-3H3. The highest BCUT2D eigenvalue weighted by molar-refractivity contribution is 9.10. The number of ether oxygens (including phenoxy) is 1. The van der Waals surface area contributed by atoms with Crippen molar-refractivity contribution in [3.05, 3.63) is 28.2 Å². The number of hydrogen-bond donors (Lipinski definition) is 0. The maximum atomic E-state index is 5.61. The smallest absolute Gasteiger partial charge is 0.0475 e. The van der Waals surface area contributed by atoms with Gasteiger partial charge in [0.2, 0.25) is 0 Å². The Labute approximate surface area is 130 Å². The normalized spacial score (nSPS) is 22.4. The Morgan fingerprint density at radius 1 is 1.20 bits per heavy atom. The van der Waals surface area contributed by atoms with E-state index in [1.54, 1.807) is 0 Å². The summed E-state index contributed by atoms with van der Waals surface area (Å²) < 4.78 is 6.79. The van der Waals surface area contributed by atoms with Crippen LogP contribution in [-0.2, 0) is 10.2 Å². The summed E-state index contributed by atoms with van der Waals surface area (Å²) in [5.74, 6) is 0.664. The minimum atomic E-state index is 0.317. The first-order valence-electron chi connectivity index (χ1n) is 7.68. The van der Waals surface area contributed by atoms with Crippen molar-refractivity contribution in [3.63, 3.8) is 0 Å². The Kier molecular flexibility index (Phi) is 3.85. The molecule has 0 bridgehead atoms. The summed E-state index contributed by atoms with van der Waals surface area (Å²) in [7, 11) is 0. The molecule has 2 aliphatic rings. The van der Waals surface area contributed by atoms with Crippen molar-refractivity contribution in [2.45, 2.75) is 45.1 Å². The molecule has 0 aliphatic carbocycles. The number of anilines is 1. The molecule has 3 heteroatoms. The highest BCUT2D eigenvalue weighted by Gasteiger charge is 2.45. The second-order valence-electron chi connectivity index (χ2n) is 6.67. The van der Waals surface area contributed by atoms with Crippen molar-refractivity contribution >= 4 is 21.6 Å². The van der Waals surface area contributed by atoms with Crippen LogP contribution in [0.1, 0.15) is 39.2 Å². The zero-order valence-electron chi connectivity index (χ0n) is 12.7. The van der Waals surface area contributed by atoms with E-state index >= 15 is 0 Å². The molecule has 0 saturated carbocycles.